The zero-order chi connectivity index (χ0) is 17.3. The summed E-state index contributed by atoms with van der Waals surface area (Å²) in [6, 6.07) is 2.38. The number of H-pyrrole nitrogens is 2. The number of imidazole rings is 1. The maximum atomic E-state index is 4.63. The summed E-state index contributed by atoms with van der Waals surface area (Å²) in [7, 11) is 0. The minimum absolute atomic E-state index is 0.351. The van der Waals surface area contributed by atoms with E-state index in [2.05, 4.69) is 41.3 Å². The maximum Gasteiger partial charge on any atom is 0.145 e. The lowest BCUT2D eigenvalue weighted by atomic mass is 10.0. The molecule has 134 valence electrons. The molecule has 1 atom stereocenters. The van der Waals surface area contributed by atoms with Gasteiger partial charge in [0.05, 0.1) is 23.3 Å². The smallest absolute Gasteiger partial charge is 0.145 e. The Labute approximate surface area is 155 Å². The van der Waals surface area contributed by atoms with Gasteiger partial charge in [-0.3, -0.25) is 0 Å². The first-order chi connectivity index (χ1) is 12.9. The van der Waals surface area contributed by atoms with Crippen LogP contribution in [0.3, 0.4) is 0 Å². The van der Waals surface area contributed by atoms with Gasteiger partial charge in [0.2, 0.25) is 0 Å². The quantitative estimate of drug-likeness (QED) is 0.660. The van der Waals surface area contributed by atoms with E-state index in [1.165, 1.54) is 17.7 Å². The third kappa shape index (κ3) is 2.89. The average molecular weight is 367 g/mol. The van der Waals surface area contributed by atoms with Gasteiger partial charge in [0.15, 0.2) is 0 Å². The Balaban J connectivity index is 1.44. The summed E-state index contributed by atoms with van der Waals surface area (Å²) in [4.78, 5) is 23.5. The van der Waals surface area contributed by atoms with Crippen molar-refractivity contribution in [2.24, 2.45) is 0 Å². The van der Waals surface area contributed by atoms with Gasteiger partial charge in [0, 0.05) is 29.6 Å². The second kappa shape index (κ2) is 6.77. The van der Waals surface area contributed by atoms with Crippen molar-refractivity contribution >= 4 is 33.5 Å². The van der Waals surface area contributed by atoms with E-state index in [0.29, 0.717) is 6.04 Å². The third-order valence-corrected chi connectivity index (χ3v) is 5.99. The summed E-state index contributed by atoms with van der Waals surface area (Å²) in [5.41, 5.74) is 1.96. The molecule has 0 bridgehead atoms. The standard InChI is InChI=1S/C18H21N7S/c1-2-5-19-13(3-1)17-21-9-14(24-17)15-10-25(7-8-26-15)18-12-4-6-20-16(12)22-11-23-18/h4,6,9-11,13,19H,1-3,5,7-8H2,(H,21,24)(H,20,22,23). The van der Waals surface area contributed by atoms with Crippen LogP contribution in [-0.2, 0) is 0 Å². The molecule has 26 heavy (non-hydrogen) atoms. The third-order valence-electron chi connectivity index (χ3n) is 4.97. The minimum atomic E-state index is 0.351. The van der Waals surface area contributed by atoms with Crippen molar-refractivity contribution < 1.29 is 0 Å². The Morgan fingerprint density at radius 2 is 2.19 bits per heavy atom. The lowest BCUT2D eigenvalue weighted by Crippen LogP contribution is -2.27. The fourth-order valence-corrected chi connectivity index (χ4v) is 4.59. The predicted molar refractivity (Wildman–Crippen MR) is 105 cm³/mol. The summed E-state index contributed by atoms with van der Waals surface area (Å²) < 4.78 is 0. The summed E-state index contributed by atoms with van der Waals surface area (Å²) in [6.07, 6.45) is 11.3. The monoisotopic (exact) mass is 367 g/mol. The van der Waals surface area contributed by atoms with Gasteiger partial charge in [-0.25, -0.2) is 15.0 Å². The minimum Gasteiger partial charge on any atom is -0.346 e. The normalized spacial score (nSPS) is 21.2. The number of nitrogens with zero attached hydrogens (tertiary/aromatic N) is 4. The molecular weight excluding hydrogens is 346 g/mol. The predicted octanol–water partition coefficient (Wildman–Crippen LogP) is 3.05. The zero-order valence-electron chi connectivity index (χ0n) is 14.4. The first-order valence-corrected chi connectivity index (χ1v) is 10.0. The molecule has 8 heteroatoms. The van der Waals surface area contributed by atoms with Crippen LogP contribution in [0.4, 0.5) is 5.82 Å². The highest BCUT2D eigenvalue weighted by Crippen LogP contribution is 2.34. The summed E-state index contributed by atoms with van der Waals surface area (Å²) in [5.74, 6) is 3.01. The Morgan fingerprint density at radius 1 is 1.19 bits per heavy atom. The SMILES string of the molecule is C1=C(c2cnc(C3CCCCN3)[nH]2)SCCN1c1ncnc2[nH]ccc12. The highest BCUT2D eigenvalue weighted by atomic mass is 32.2. The molecule has 5 rings (SSSR count). The molecule has 2 aliphatic heterocycles. The first-order valence-electron chi connectivity index (χ1n) is 9.06. The van der Waals surface area contributed by atoms with Crippen LogP contribution < -0.4 is 10.2 Å². The van der Waals surface area contributed by atoms with Gasteiger partial charge in [-0.2, -0.15) is 0 Å². The number of hydrogen-bond donors (Lipinski definition) is 3. The van der Waals surface area contributed by atoms with E-state index in [9.17, 15) is 0 Å². The number of anilines is 1. The second-order valence-corrected chi connectivity index (χ2v) is 7.79. The van der Waals surface area contributed by atoms with E-state index in [0.717, 1.165) is 53.6 Å². The molecular formula is C18H21N7S. The molecule has 3 aromatic heterocycles. The van der Waals surface area contributed by atoms with Crippen LogP contribution in [0.1, 0.15) is 36.8 Å². The molecule has 3 aromatic rings. The number of fused-ring (bicyclic) bond motifs is 1. The van der Waals surface area contributed by atoms with E-state index in [4.69, 9.17) is 0 Å². The molecule has 0 aromatic carbocycles. The van der Waals surface area contributed by atoms with Gasteiger partial charge >= 0.3 is 0 Å². The van der Waals surface area contributed by atoms with Crippen LogP contribution in [0.25, 0.3) is 15.9 Å². The molecule has 0 radical (unpaired) electrons. The molecule has 0 aliphatic carbocycles. The van der Waals surface area contributed by atoms with Crippen LogP contribution in [0.2, 0.25) is 0 Å². The van der Waals surface area contributed by atoms with Gasteiger partial charge in [-0.1, -0.05) is 6.42 Å². The Morgan fingerprint density at radius 3 is 3.12 bits per heavy atom. The van der Waals surface area contributed by atoms with Crippen molar-refractivity contribution in [2.75, 3.05) is 23.7 Å². The highest BCUT2D eigenvalue weighted by molar-refractivity contribution is 8.08. The number of rotatable bonds is 3. The Hall–Kier alpha value is -2.32. The average Bonchev–Trinajstić information content (AvgIpc) is 3.38. The lowest BCUT2D eigenvalue weighted by molar-refractivity contribution is 0.399. The largest absolute Gasteiger partial charge is 0.346 e. The molecule has 1 unspecified atom stereocenters. The Bertz CT molecular complexity index is 938. The van der Waals surface area contributed by atoms with Gasteiger partial charge in [-0.15, -0.1) is 11.8 Å². The van der Waals surface area contributed by atoms with Crippen LogP contribution in [0, 0.1) is 0 Å². The second-order valence-electron chi connectivity index (χ2n) is 6.66. The topological polar surface area (TPSA) is 85.5 Å². The van der Waals surface area contributed by atoms with Crippen LogP contribution >= 0.6 is 11.8 Å². The number of nitrogens with one attached hydrogen (secondary N) is 3. The van der Waals surface area contributed by atoms with Crippen molar-refractivity contribution in [1.29, 1.82) is 0 Å². The number of aromatic nitrogens is 5. The summed E-state index contributed by atoms with van der Waals surface area (Å²) >= 11 is 1.86. The van der Waals surface area contributed by atoms with E-state index in [-0.39, 0.29) is 0 Å². The summed E-state index contributed by atoms with van der Waals surface area (Å²) in [5, 5.41) is 4.60. The molecule has 1 saturated heterocycles. The molecule has 7 nitrogen and oxygen atoms in total. The molecule has 0 amide bonds. The van der Waals surface area contributed by atoms with Crippen molar-refractivity contribution in [2.45, 2.75) is 25.3 Å². The van der Waals surface area contributed by atoms with Crippen LogP contribution in [0.5, 0.6) is 0 Å². The van der Waals surface area contributed by atoms with E-state index in [1.54, 1.807) is 6.33 Å². The van der Waals surface area contributed by atoms with E-state index in [1.807, 2.05) is 30.2 Å². The van der Waals surface area contributed by atoms with Crippen molar-refractivity contribution in [1.82, 2.24) is 30.2 Å². The van der Waals surface area contributed by atoms with Crippen LogP contribution in [-0.4, -0.2) is 43.8 Å². The number of hydrogen-bond acceptors (Lipinski definition) is 6. The van der Waals surface area contributed by atoms with E-state index < -0.39 is 0 Å². The number of piperidine rings is 1. The molecule has 0 spiro atoms. The van der Waals surface area contributed by atoms with Crippen molar-refractivity contribution in [3.63, 3.8) is 0 Å². The molecule has 5 heterocycles. The van der Waals surface area contributed by atoms with Crippen LogP contribution in [0.15, 0.2) is 31.0 Å². The van der Waals surface area contributed by atoms with Gasteiger partial charge in [0.1, 0.15) is 23.6 Å². The highest BCUT2D eigenvalue weighted by Gasteiger charge is 2.21. The number of thioether (sulfide) groups is 1. The lowest BCUT2D eigenvalue weighted by Gasteiger charge is -2.25. The Kier molecular flexibility index (Phi) is 4.14. The maximum absolute atomic E-state index is 4.63. The fraction of sp³-hybridized carbons (Fsp3) is 0.389. The van der Waals surface area contributed by atoms with Gasteiger partial charge in [-0.05, 0) is 25.5 Å². The fourth-order valence-electron chi connectivity index (χ4n) is 3.62. The van der Waals surface area contributed by atoms with Crippen molar-refractivity contribution in [3.05, 3.63) is 42.5 Å². The molecule has 2 aliphatic rings. The zero-order valence-corrected chi connectivity index (χ0v) is 15.2. The van der Waals surface area contributed by atoms with Gasteiger partial charge < -0.3 is 20.2 Å². The van der Waals surface area contributed by atoms with Gasteiger partial charge in [0.25, 0.3) is 0 Å². The number of aromatic amines is 2. The molecule has 1 fully saturated rings. The summed E-state index contributed by atoms with van der Waals surface area (Å²) in [6.45, 7) is 2.00. The van der Waals surface area contributed by atoms with Crippen molar-refractivity contribution in [3.8, 4) is 0 Å². The molecule has 0 saturated carbocycles. The molecule has 3 N–H and O–H groups in total. The first kappa shape index (κ1) is 15.9. The van der Waals surface area contributed by atoms with E-state index >= 15 is 0 Å².